The topological polar surface area (TPSA) is 76.9 Å². The summed E-state index contributed by atoms with van der Waals surface area (Å²) in [5, 5.41) is 4.77. The predicted molar refractivity (Wildman–Crippen MR) is 107 cm³/mol. The van der Waals surface area contributed by atoms with Gasteiger partial charge in [0, 0.05) is 23.9 Å². The Morgan fingerprint density at radius 1 is 1.15 bits per heavy atom. The van der Waals surface area contributed by atoms with Crippen LogP contribution in [0.25, 0.3) is 0 Å². The average Bonchev–Trinajstić information content (AvgIpc) is 2.98. The monoisotopic (exact) mass is 404 g/mol. The van der Waals surface area contributed by atoms with Gasteiger partial charge in [0.25, 0.3) is 10.0 Å². The number of sulfonamides is 1. The molecule has 0 amide bonds. The third-order valence-electron chi connectivity index (χ3n) is 3.97. The van der Waals surface area contributed by atoms with Gasteiger partial charge in [0.2, 0.25) is 0 Å². The van der Waals surface area contributed by atoms with Gasteiger partial charge in [-0.3, -0.25) is 9.71 Å². The molecule has 1 aromatic carbocycles. The van der Waals surface area contributed by atoms with Crippen molar-refractivity contribution in [3.05, 3.63) is 71.1 Å². The molecular weight excluding hydrogens is 384 g/mol. The van der Waals surface area contributed by atoms with E-state index < -0.39 is 10.0 Å². The Morgan fingerprint density at radius 3 is 2.52 bits per heavy atom. The summed E-state index contributed by atoms with van der Waals surface area (Å²) >= 11 is 6.07. The van der Waals surface area contributed by atoms with Gasteiger partial charge < -0.3 is 0 Å². The highest BCUT2D eigenvalue weighted by Crippen LogP contribution is 2.28. The fourth-order valence-corrected chi connectivity index (χ4v) is 4.08. The van der Waals surface area contributed by atoms with Crippen LogP contribution in [-0.4, -0.2) is 23.2 Å². The van der Waals surface area contributed by atoms with Gasteiger partial charge in [-0.2, -0.15) is 5.10 Å². The van der Waals surface area contributed by atoms with Crippen LogP contribution in [0.5, 0.6) is 0 Å². The minimum absolute atomic E-state index is 0.0260. The van der Waals surface area contributed by atoms with E-state index in [0.717, 1.165) is 11.3 Å². The van der Waals surface area contributed by atoms with E-state index in [2.05, 4.69) is 14.8 Å². The van der Waals surface area contributed by atoms with Crippen molar-refractivity contribution < 1.29 is 8.42 Å². The summed E-state index contributed by atoms with van der Waals surface area (Å²) in [4.78, 5) is 4.13. The van der Waals surface area contributed by atoms with Crippen LogP contribution in [0.1, 0.15) is 32.0 Å². The highest BCUT2D eigenvalue weighted by Gasteiger charge is 2.24. The molecule has 142 valence electrons. The number of rotatable bonds is 5. The molecule has 2 heterocycles. The van der Waals surface area contributed by atoms with E-state index >= 15 is 0 Å². The molecule has 0 aliphatic rings. The van der Waals surface area contributed by atoms with Gasteiger partial charge in [-0.1, -0.05) is 50.6 Å². The first-order chi connectivity index (χ1) is 12.7. The van der Waals surface area contributed by atoms with Gasteiger partial charge in [-0.15, -0.1) is 0 Å². The number of pyridine rings is 1. The lowest BCUT2D eigenvalue weighted by Crippen LogP contribution is -2.17. The van der Waals surface area contributed by atoms with Crippen LogP contribution < -0.4 is 4.72 Å². The molecule has 6 nitrogen and oxygen atoms in total. The van der Waals surface area contributed by atoms with Crippen molar-refractivity contribution in [2.24, 2.45) is 0 Å². The molecule has 0 aliphatic carbocycles. The maximum Gasteiger partial charge on any atom is 0.264 e. The second-order valence-electron chi connectivity index (χ2n) is 7.22. The van der Waals surface area contributed by atoms with Crippen LogP contribution in [0.4, 0.5) is 5.82 Å². The Bertz CT molecular complexity index is 1040. The second kappa shape index (κ2) is 7.32. The van der Waals surface area contributed by atoms with Crippen LogP contribution in [0.15, 0.2) is 59.8 Å². The van der Waals surface area contributed by atoms with E-state index in [1.807, 2.05) is 32.9 Å². The average molecular weight is 405 g/mol. The van der Waals surface area contributed by atoms with Crippen LogP contribution in [-0.2, 0) is 22.0 Å². The van der Waals surface area contributed by atoms with Crippen molar-refractivity contribution in [2.75, 3.05) is 4.72 Å². The van der Waals surface area contributed by atoms with E-state index in [1.54, 1.807) is 41.3 Å². The van der Waals surface area contributed by atoms with Crippen molar-refractivity contribution >= 4 is 27.4 Å². The van der Waals surface area contributed by atoms with Crippen molar-refractivity contribution in [1.82, 2.24) is 14.8 Å². The Kier molecular flexibility index (Phi) is 5.26. The summed E-state index contributed by atoms with van der Waals surface area (Å²) in [5.41, 5.74) is 1.47. The summed E-state index contributed by atoms with van der Waals surface area (Å²) < 4.78 is 29.9. The Morgan fingerprint density at radius 2 is 1.89 bits per heavy atom. The van der Waals surface area contributed by atoms with Gasteiger partial charge in [-0.05, 0) is 23.8 Å². The SMILES string of the molecule is CC(C)(C)c1cc(NS(=O)(=O)c2ccccc2Cl)n(Cc2cccnc2)n1. The summed E-state index contributed by atoms with van der Waals surface area (Å²) in [6.45, 7) is 6.46. The fraction of sp³-hybridized carbons (Fsp3) is 0.263. The molecule has 0 saturated carbocycles. The van der Waals surface area contributed by atoms with E-state index in [-0.39, 0.29) is 15.3 Å². The quantitative estimate of drug-likeness (QED) is 0.695. The highest BCUT2D eigenvalue weighted by atomic mass is 35.5. The van der Waals surface area contributed by atoms with Crippen molar-refractivity contribution in [3.63, 3.8) is 0 Å². The van der Waals surface area contributed by atoms with Gasteiger partial charge in [0.15, 0.2) is 0 Å². The number of nitrogens with one attached hydrogen (secondary N) is 1. The zero-order valence-corrected chi connectivity index (χ0v) is 16.9. The third kappa shape index (κ3) is 4.48. The molecular formula is C19H21ClN4O2S. The first kappa shape index (κ1) is 19.4. The number of anilines is 1. The minimum Gasteiger partial charge on any atom is -0.264 e. The molecule has 3 rings (SSSR count). The fourth-order valence-electron chi connectivity index (χ4n) is 2.51. The summed E-state index contributed by atoms with van der Waals surface area (Å²) in [6, 6.07) is 11.8. The highest BCUT2D eigenvalue weighted by molar-refractivity contribution is 7.92. The van der Waals surface area contributed by atoms with E-state index in [1.165, 1.54) is 6.07 Å². The Labute approximate surface area is 164 Å². The molecule has 0 bridgehead atoms. The summed E-state index contributed by atoms with van der Waals surface area (Å²) in [7, 11) is -3.85. The molecule has 0 radical (unpaired) electrons. The molecule has 0 saturated heterocycles. The summed E-state index contributed by atoms with van der Waals surface area (Å²) in [6.07, 6.45) is 3.42. The molecule has 8 heteroatoms. The smallest absolute Gasteiger partial charge is 0.264 e. The number of nitrogens with zero attached hydrogens (tertiary/aromatic N) is 3. The molecule has 0 aliphatic heterocycles. The summed E-state index contributed by atoms with van der Waals surface area (Å²) in [5.74, 6) is 0.378. The first-order valence-corrected chi connectivity index (χ1v) is 10.3. The van der Waals surface area contributed by atoms with Crippen LogP contribution in [0.2, 0.25) is 5.02 Å². The van der Waals surface area contributed by atoms with E-state index in [4.69, 9.17) is 11.6 Å². The molecule has 2 aromatic heterocycles. The lowest BCUT2D eigenvalue weighted by atomic mass is 9.92. The lowest BCUT2D eigenvalue weighted by molar-refractivity contribution is 0.546. The zero-order chi connectivity index (χ0) is 19.7. The third-order valence-corrected chi connectivity index (χ3v) is 5.82. The predicted octanol–water partition coefficient (Wildman–Crippen LogP) is 4.08. The molecule has 1 N–H and O–H groups in total. The molecule has 0 fully saturated rings. The van der Waals surface area contributed by atoms with E-state index in [9.17, 15) is 8.42 Å². The minimum atomic E-state index is -3.85. The lowest BCUT2D eigenvalue weighted by Gasteiger charge is -2.14. The molecule has 0 unspecified atom stereocenters. The molecule has 27 heavy (non-hydrogen) atoms. The van der Waals surface area contributed by atoms with Gasteiger partial charge >= 0.3 is 0 Å². The number of halogens is 1. The molecule has 0 atom stereocenters. The van der Waals surface area contributed by atoms with Gasteiger partial charge in [0.05, 0.1) is 17.3 Å². The molecule has 0 spiro atoms. The van der Waals surface area contributed by atoms with Gasteiger partial charge in [0.1, 0.15) is 10.7 Å². The maximum atomic E-state index is 12.8. The molecule has 3 aromatic rings. The largest absolute Gasteiger partial charge is 0.264 e. The van der Waals surface area contributed by atoms with Crippen molar-refractivity contribution in [1.29, 1.82) is 0 Å². The maximum absolute atomic E-state index is 12.8. The Hall–Kier alpha value is -2.38. The first-order valence-electron chi connectivity index (χ1n) is 8.41. The zero-order valence-electron chi connectivity index (χ0n) is 15.3. The van der Waals surface area contributed by atoms with Crippen molar-refractivity contribution in [3.8, 4) is 0 Å². The van der Waals surface area contributed by atoms with Crippen molar-refractivity contribution in [2.45, 2.75) is 37.6 Å². The second-order valence-corrected chi connectivity index (χ2v) is 9.28. The van der Waals surface area contributed by atoms with Crippen LogP contribution in [0.3, 0.4) is 0 Å². The normalized spacial score (nSPS) is 12.1. The number of benzene rings is 1. The number of hydrogen-bond donors (Lipinski definition) is 1. The van der Waals surface area contributed by atoms with Crippen LogP contribution in [0, 0.1) is 0 Å². The van der Waals surface area contributed by atoms with E-state index in [0.29, 0.717) is 12.4 Å². The standard InChI is InChI=1S/C19H21ClN4O2S/c1-19(2,3)17-11-18(24(22-17)13-14-7-6-10-21-12-14)23-27(25,26)16-9-5-4-8-15(16)20/h4-12,23H,13H2,1-3H3. The number of aromatic nitrogens is 3. The van der Waals surface area contributed by atoms with Gasteiger partial charge in [-0.25, -0.2) is 13.1 Å². The Balaban J connectivity index is 2.01. The van der Waals surface area contributed by atoms with Crippen LogP contribution >= 0.6 is 11.6 Å². The number of hydrogen-bond acceptors (Lipinski definition) is 4.